The highest BCUT2D eigenvalue weighted by molar-refractivity contribution is 7.91. The molecule has 2 aliphatic carbocycles. The standard InChI is InChI=1S/C13H13NO.C7H11NO3S2/c15-8-14-13-11-5-1-3-9(11)7-10-4-2-6-12(10)13;1-7(2,9)5-3-6(12-4-5)13(8,10)11/h7H,1-6H2;3-4,9H,1-2H3,(H2,8,10,11). The Bertz CT molecular complexity index is 1010. The quantitative estimate of drug-likeness (QED) is 0.586. The van der Waals surface area contributed by atoms with E-state index in [9.17, 15) is 18.3 Å². The molecule has 28 heavy (non-hydrogen) atoms. The summed E-state index contributed by atoms with van der Waals surface area (Å²) in [7, 11) is -3.63. The van der Waals surface area contributed by atoms with Gasteiger partial charge in [-0.15, -0.1) is 11.3 Å². The van der Waals surface area contributed by atoms with Gasteiger partial charge in [-0.05, 0) is 91.6 Å². The van der Waals surface area contributed by atoms with E-state index >= 15 is 0 Å². The van der Waals surface area contributed by atoms with Crippen molar-refractivity contribution in [3.63, 3.8) is 0 Å². The van der Waals surface area contributed by atoms with Crippen LogP contribution < -0.4 is 5.14 Å². The molecule has 2 aliphatic rings. The molecule has 0 saturated carbocycles. The topological polar surface area (TPSA) is 110 Å². The van der Waals surface area contributed by atoms with Gasteiger partial charge in [-0.25, -0.2) is 18.4 Å². The Morgan fingerprint density at radius 2 is 1.68 bits per heavy atom. The molecule has 0 unspecified atom stereocenters. The van der Waals surface area contributed by atoms with Crippen molar-refractivity contribution in [2.24, 2.45) is 10.1 Å². The Hall–Kier alpha value is -1.83. The summed E-state index contributed by atoms with van der Waals surface area (Å²) in [6.45, 7) is 3.17. The average molecular weight is 421 g/mol. The van der Waals surface area contributed by atoms with E-state index in [0.717, 1.165) is 42.7 Å². The number of nitrogens with zero attached hydrogens (tertiary/aromatic N) is 1. The Morgan fingerprint density at radius 1 is 1.11 bits per heavy atom. The van der Waals surface area contributed by atoms with Crippen LogP contribution in [0, 0.1) is 0 Å². The van der Waals surface area contributed by atoms with Crippen LogP contribution in [0.3, 0.4) is 0 Å². The molecule has 0 aliphatic heterocycles. The molecule has 0 amide bonds. The molecule has 0 radical (unpaired) electrons. The van der Waals surface area contributed by atoms with Crippen LogP contribution in [0.4, 0.5) is 5.69 Å². The highest BCUT2D eigenvalue weighted by Crippen LogP contribution is 2.39. The number of primary sulfonamides is 1. The third-order valence-corrected chi connectivity index (χ3v) is 7.55. The van der Waals surface area contributed by atoms with E-state index in [2.05, 4.69) is 11.1 Å². The van der Waals surface area contributed by atoms with Crippen LogP contribution in [-0.4, -0.2) is 19.6 Å². The zero-order valence-electron chi connectivity index (χ0n) is 16.0. The number of hydrogen-bond acceptors (Lipinski definition) is 6. The second kappa shape index (κ2) is 7.89. The lowest BCUT2D eigenvalue weighted by atomic mass is 9.99. The van der Waals surface area contributed by atoms with Crippen molar-refractivity contribution in [2.45, 2.75) is 62.2 Å². The van der Waals surface area contributed by atoms with Crippen LogP contribution in [0.1, 0.15) is 54.5 Å². The van der Waals surface area contributed by atoms with Crippen LogP contribution in [-0.2, 0) is 46.1 Å². The van der Waals surface area contributed by atoms with Crippen LogP contribution in [0.2, 0.25) is 0 Å². The van der Waals surface area contributed by atoms with Gasteiger partial charge in [0.15, 0.2) is 0 Å². The molecule has 0 bridgehead atoms. The van der Waals surface area contributed by atoms with Gasteiger partial charge in [0.05, 0.1) is 11.3 Å². The molecule has 1 aromatic heterocycles. The molecule has 0 fully saturated rings. The fourth-order valence-corrected chi connectivity index (χ4v) is 5.52. The molecule has 0 spiro atoms. The molecule has 4 rings (SSSR count). The predicted octanol–water partition coefficient (Wildman–Crippen LogP) is 3.25. The Morgan fingerprint density at radius 3 is 2.07 bits per heavy atom. The lowest BCUT2D eigenvalue weighted by Crippen LogP contribution is -2.15. The first-order valence-corrected chi connectivity index (χ1v) is 11.6. The Kier molecular flexibility index (Phi) is 5.89. The summed E-state index contributed by atoms with van der Waals surface area (Å²) in [5, 5.41) is 16.0. The molecule has 0 atom stereocenters. The summed E-state index contributed by atoms with van der Waals surface area (Å²) in [5.41, 5.74) is 5.97. The number of rotatable bonds is 3. The number of aryl methyl sites for hydroxylation is 2. The predicted molar refractivity (Wildman–Crippen MR) is 109 cm³/mol. The fourth-order valence-electron chi connectivity index (χ4n) is 3.75. The van der Waals surface area contributed by atoms with Crippen LogP contribution in [0.15, 0.2) is 26.7 Å². The van der Waals surface area contributed by atoms with Gasteiger partial charge in [-0.3, -0.25) is 0 Å². The minimum Gasteiger partial charge on any atom is -0.386 e. The van der Waals surface area contributed by atoms with Gasteiger partial charge in [-0.1, -0.05) is 6.07 Å². The normalized spacial score (nSPS) is 15.3. The van der Waals surface area contributed by atoms with Gasteiger partial charge in [0.25, 0.3) is 0 Å². The molecule has 3 N–H and O–H groups in total. The van der Waals surface area contributed by atoms with Gasteiger partial charge in [0, 0.05) is 0 Å². The van der Waals surface area contributed by atoms with Gasteiger partial charge in [-0.2, -0.15) is 4.99 Å². The van der Waals surface area contributed by atoms with Gasteiger partial charge in [0.1, 0.15) is 4.21 Å². The van der Waals surface area contributed by atoms with E-state index in [-0.39, 0.29) is 4.21 Å². The van der Waals surface area contributed by atoms with Crippen molar-refractivity contribution >= 4 is 33.1 Å². The number of nitrogens with two attached hydrogens (primary N) is 1. The zero-order valence-corrected chi connectivity index (χ0v) is 17.6. The Labute approximate surface area is 169 Å². The maximum atomic E-state index is 10.9. The third kappa shape index (κ3) is 4.42. The van der Waals surface area contributed by atoms with Crippen molar-refractivity contribution in [3.8, 4) is 0 Å². The number of hydrogen-bond donors (Lipinski definition) is 2. The molecule has 1 aromatic carbocycles. The van der Waals surface area contributed by atoms with Gasteiger partial charge in [0.2, 0.25) is 16.1 Å². The lowest BCUT2D eigenvalue weighted by molar-refractivity contribution is 0.0789. The molecule has 0 saturated heterocycles. The van der Waals surface area contributed by atoms with Crippen LogP contribution in [0.5, 0.6) is 0 Å². The maximum Gasteiger partial charge on any atom is 0.247 e. The Balaban J connectivity index is 0.000000163. The molecule has 6 nitrogen and oxygen atoms in total. The number of sulfonamides is 1. The van der Waals surface area contributed by atoms with E-state index in [4.69, 9.17) is 5.14 Å². The number of isocyanates is 1. The maximum absolute atomic E-state index is 10.9. The van der Waals surface area contributed by atoms with E-state index in [1.807, 2.05) is 0 Å². The third-order valence-electron chi connectivity index (χ3n) is 5.16. The van der Waals surface area contributed by atoms with E-state index < -0.39 is 15.6 Å². The van der Waals surface area contributed by atoms with E-state index in [1.54, 1.807) is 25.3 Å². The summed E-state index contributed by atoms with van der Waals surface area (Å²) >= 11 is 1.01. The van der Waals surface area contributed by atoms with Crippen LogP contribution in [0.25, 0.3) is 0 Å². The van der Waals surface area contributed by atoms with Crippen molar-refractivity contribution in [2.75, 3.05) is 0 Å². The minimum absolute atomic E-state index is 0.0737. The fraction of sp³-hybridized carbons (Fsp3) is 0.450. The average Bonchev–Trinajstić information content (AvgIpc) is 3.33. The highest BCUT2D eigenvalue weighted by Gasteiger charge is 2.23. The number of fused-ring (bicyclic) bond motifs is 2. The van der Waals surface area contributed by atoms with Gasteiger partial charge < -0.3 is 5.11 Å². The first kappa shape index (κ1) is 20.9. The smallest absolute Gasteiger partial charge is 0.247 e. The van der Waals surface area contributed by atoms with E-state index in [1.165, 1.54) is 41.2 Å². The van der Waals surface area contributed by atoms with Crippen molar-refractivity contribution in [1.82, 2.24) is 0 Å². The van der Waals surface area contributed by atoms with Crippen molar-refractivity contribution in [3.05, 3.63) is 45.3 Å². The monoisotopic (exact) mass is 420 g/mol. The molecule has 1 heterocycles. The molecule has 2 aromatic rings. The summed E-state index contributed by atoms with van der Waals surface area (Å²) < 4.78 is 21.8. The van der Waals surface area contributed by atoms with Crippen molar-refractivity contribution in [1.29, 1.82) is 0 Å². The highest BCUT2D eigenvalue weighted by atomic mass is 32.2. The second-order valence-corrected chi connectivity index (χ2v) is 10.4. The molecular formula is C20H24N2O4S2. The summed E-state index contributed by atoms with van der Waals surface area (Å²) in [6, 6.07) is 3.73. The summed E-state index contributed by atoms with van der Waals surface area (Å²) in [4.78, 5) is 14.4. The largest absolute Gasteiger partial charge is 0.386 e. The first-order chi connectivity index (χ1) is 13.1. The van der Waals surface area contributed by atoms with Crippen LogP contribution >= 0.6 is 11.3 Å². The second-order valence-electron chi connectivity index (χ2n) is 7.67. The number of aliphatic imine (C=N–C) groups is 1. The van der Waals surface area contributed by atoms with Crippen molar-refractivity contribution < 1.29 is 18.3 Å². The van der Waals surface area contributed by atoms with Gasteiger partial charge >= 0.3 is 0 Å². The summed E-state index contributed by atoms with van der Waals surface area (Å²) in [5.74, 6) is 0. The molecular weight excluding hydrogens is 396 g/mol. The summed E-state index contributed by atoms with van der Waals surface area (Å²) in [6.07, 6.45) is 8.62. The lowest BCUT2D eigenvalue weighted by Gasteiger charge is -2.14. The molecule has 150 valence electrons. The zero-order chi connectivity index (χ0) is 20.5. The number of thiophene rings is 1. The number of benzene rings is 1. The first-order valence-electron chi connectivity index (χ1n) is 9.20. The number of aliphatic hydroxyl groups is 1. The molecule has 8 heteroatoms. The SMILES string of the molecule is CC(C)(O)c1csc(S(N)(=O)=O)c1.O=C=Nc1c2c(cc3c1CCC3)CCC2. The minimum atomic E-state index is -3.63. The van der Waals surface area contributed by atoms with E-state index in [0.29, 0.717) is 5.56 Å². The number of carbonyl (C=O) groups excluding carboxylic acids is 1.